The Hall–Kier alpha value is -2.29. The molecule has 2 rings (SSSR count). The van der Waals surface area contributed by atoms with Crippen molar-refractivity contribution in [2.75, 3.05) is 0 Å². The van der Waals surface area contributed by atoms with Gasteiger partial charge in [0.1, 0.15) is 5.75 Å². The third-order valence-electron chi connectivity index (χ3n) is 5.37. The molecule has 1 N–H and O–H groups in total. The van der Waals surface area contributed by atoms with E-state index in [1.165, 1.54) is 22.3 Å². The zero-order chi connectivity index (χ0) is 21.1. The van der Waals surface area contributed by atoms with Gasteiger partial charge in [0, 0.05) is 0 Å². The van der Waals surface area contributed by atoms with E-state index in [0.717, 1.165) is 11.3 Å². The van der Waals surface area contributed by atoms with E-state index >= 15 is 0 Å². The van der Waals surface area contributed by atoms with Crippen LogP contribution in [0.4, 0.5) is 0 Å². The van der Waals surface area contributed by atoms with Crippen LogP contribution in [0.25, 0.3) is 0 Å². The Morgan fingerprint density at radius 1 is 1.00 bits per heavy atom. The monoisotopic (exact) mass is 381 g/mol. The topological polar surface area (TPSA) is 38.3 Å². The number of benzene rings is 2. The van der Waals surface area contributed by atoms with Crippen molar-refractivity contribution in [1.82, 2.24) is 5.32 Å². The van der Waals surface area contributed by atoms with Crippen LogP contribution in [0.3, 0.4) is 0 Å². The van der Waals surface area contributed by atoms with Crippen LogP contribution >= 0.6 is 0 Å². The van der Waals surface area contributed by atoms with Crippen LogP contribution in [0.15, 0.2) is 36.4 Å². The largest absolute Gasteiger partial charge is 0.481 e. The Morgan fingerprint density at radius 2 is 1.57 bits per heavy atom. The average molecular weight is 382 g/mol. The summed E-state index contributed by atoms with van der Waals surface area (Å²) < 4.78 is 5.99. The minimum Gasteiger partial charge on any atom is -0.481 e. The molecule has 0 aliphatic heterocycles. The van der Waals surface area contributed by atoms with Crippen molar-refractivity contribution in [3.63, 3.8) is 0 Å². The fourth-order valence-electron chi connectivity index (χ4n) is 3.35. The van der Waals surface area contributed by atoms with Crippen molar-refractivity contribution in [1.29, 1.82) is 0 Å². The summed E-state index contributed by atoms with van der Waals surface area (Å²) in [6.07, 6.45) is 0.112. The Balaban J connectivity index is 2.08. The summed E-state index contributed by atoms with van der Waals surface area (Å²) in [5.74, 6) is 0.650. The van der Waals surface area contributed by atoms with Crippen molar-refractivity contribution < 1.29 is 9.53 Å². The van der Waals surface area contributed by atoms with Crippen molar-refractivity contribution in [2.45, 2.75) is 79.4 Å². The molecule has 3 nitrogen and oxygen atoms in total. The molecular formula is C25H35NO2. The zero-order valence-corrected chi connectivity index (χ0v) is 18.6. The maximum absolute atomic E-state index is 12.8. The lowest BCUT2D eigenvalue weighted by atomic mass is 9.87. The average Bonchev–Trinajstić information content (AvgIpc) is 2.62. The number of rotatable bonds is 6. The Kier molecular flexibility index (Phi) is 6.92. The van der Waals surface area contributed by atoms with Gasteiger partial charge in [0.25, 0.3) is 5.91 Å². The zero-order valence-electron chi connectivity index (χ0n) is 18.6. The van der Waals surface area contributed by atoms with Gasteiger partial charge in [0.05, 0.1) is 6.04 Å². The lowest BCUT2D eigenvalue weighted by Gasteiger charge is -2.23. The molecule has 0 saturated carbocycles. The van der Waals surface area contributed by atoms with E-state index in [4.69, 9.17) is 4.74 Å². The van der Waals surface area contributed by atoms with Crippen LogP contribution in [0.1, 0.15) is 74.9 Å². The highest BCUT2D eigenvalue weighted by Gasteiger charge is 2.22. The molecule has 0 aliphatic carbocycles. The van der Waals surface area contributed by atoms with Crippen LogP contribution in [0.5, 0.6) is 5.75 Å². The lowest BCUT2D eigenvalue weighted by molar-refractivity contribution is -0.128. The van der Waals surface area contributed by atoms with Crippen LogP contribution in [0, 0.1) is 20.8 Å². The summed E-state index contributed by atoms with van der Waals surface area (Å²) in [4.78, 5) is 12.8. The molecule has 0 fully saturated rings. The Bertz CT molecular complexity index is 816. The maximum Gasteiger partial charge on any atom is 0.261 e. The molecule has 2 atom stereocenters. The van der Waals surface area contributed by atoms with Crippen LogP contribution in [-0.2, 0) is 10.2 Å². The molecule has 0 aliphatic rings. The fraction of sp³-hybridized carbons (Fsp3) is 0.480. The summed E-state index contributed by atoms with van der Waals surface area (Å²) >= 11 is 0. The maximum atomic E-state index is 12.8. The third-order valence-corrected chi connectivity index (χ3v) is 5.37. The first-order chi connectivity index (χ1) is 13.0. The summed E-state index contributed by atoms with van der Waals surface area (Å²) in [6, 6.07) is 12.3. The van der Waals surface area contributed by atoms with Gasteiger partial charge in [0.15, 0.2) is 6.10 Å². The van der Waals surface area contributed by atoms with E-state index < -0.39 is 6.10 Å². The normalized spacial score (nSPS) is 13.7. The highest BCUT2D eigenvalue weighted by Crippen LogP contribution is 2.25. The molecule has 28 heavy (non-hydrogen) atoms. The Labute approximate surface area is 170 Å². The van der Waals surface area contributed by atoms with Gasteiger partial charge in [-0.3, -0.25) is 4.79 Å². The number of hydrogen-bond donors (Lipinski definition) is 1. The molecule has 0 radical (unpaired) electrons. The number of ether oxygens (including phenoxy) is 1. The van der Waals surface area contributed by atoms with Crippen molar-refractivity contribution >= 4 is 5.91 Å². The molecule has 0 heterocycles. The Morgan fingerprint density at radius 3 is 2.11 bits per heavy atom. The van der Waals surface area contributed by atoms with Crippen LogP contribution in [-0.4, -0.2) is 12.0 Å². The van der Waals surface area contributed by atoms with Gasteiger partial charge >= 0.3 is 0 Å². The summed E-state index contributed by atoms with van der Waals surface area (Å²) in [6.45, 7) is 16.9. The molecule has 152 valence electrons. The molecule has 1 amide bonds. The molecule has 0 bridgehead atoms. The van der Waals surface area contributed by atoms with Gasteiger partial charge in [-0.15, -0.1) is 0 Å². The quantitative estimate of drug-likeness (QED) is 0.672. The molecule has 0 aromatic heterocycles. The fourth-order valence-corrected chi connectivity index (χ4v) is 3.35. The smallest absolute Gasteiger partial charge is 0.261 e. The third kappa shape index (κ3) is 5.37. The second-order valence-electron chi connectivity index (χ2n) is 8.81. The minimum absolute atomic E-state index is 0.0623. The van der Waals surface area contributed by atoms with Gasteiger partial charge in [-0.1, -0.05) is 52.0 Å². The SMILES string of the molecule is CCC(Oc1ccc(C(C)(C)C)cc1)C(=O)NC(C)c1cc(C)c(C)cc1C. The van der Waals surface area contributed by atoms with E-state index in [0.29, 0.717) is 6.42 Å². The van der Waals surface area contributed by atoms with Gasteiger partial charge in [0.2, 0.25) is 0 Å². The van der Waals surface area contributed by atoms with E-state index in [1.54, 1.807) is 0 Å². The number of hydrogen-bond acceptors (Lipinski definition) is 2. The number of aryl methyl sites for hydroxylation is 3. The van der Waals surface area contributed by atoms with Gasteiger partial charge in [-0.2, -0.15) is 0 Å². The highest BCUT2D eigenvalue weighted by molar-refractivity contribution is 5.81. The molecular weight excluding hydrogens is 346 g/mol. The minimum atomic E-state index is -0.505. The molecule has 3 heteroatoms. The van der Waals surface area contributed by atoms with E-state index in [1.807, 2.05) is 26.0 Å². The van der Waals surface area contributed by atoms with Crippen LogP contribution in [0.2, 0.25) is 0 Å². The molecule has 2 aromatic carbocycles. The second kappa shape index (κ2) is 8.81. The highest BCUT2D eigenvalue weighted by atomic mass is 16.5. The predicted molar refractivity (Wildman–Crippen MR) is 117 cm³/mol. The molecule has 0 saturated heterocycles. The van der Waals surface area contributed by atoms with E-state index in [-0.39, 0.29) is 17.4 Å². The first-order valence-corrected chi connectivity index (χ1v) is 10.2. The lowest BCUT2D eigenvalue weighted by Crippen LogP contribution is -2.39. The van der Waals surface area contributed by atoms with Crippen molar-refractivity contribution in [3.8, 4) is 5.75 Å². The predicted octanol–water partition coefficient (Wildman–Crippen LogP) is 5.94. The first-order valence-electron chi connectivity index (χ1n) is 10.2. The molecule has 2 unspecified atom stereocenters. The van der Waals surface area contributed by atoms with Gasteiger partial charge in [-0.25, -0.2) is 0 Å². The van der Waals surface area contributed by atoms with Crippen molar-refractivity contribution in [3.05, 3.63) is 64.2 Å². The first kappa shape index (κ1) is 22.0. The van der Waals surface area contributed by atoms with Crippen molar-refractivity contribution in [2.24, 2.45) is 0 Å². The van der Waals surface area contributed by atoms with Crippen LogP contribution < -0.4 is 10.1 Å². The number of amides is 1. The standard InChI is InChI=1S/C25H35NO2/c1-9-23(28-21-12-10-20(11-13-21)25(6,7)8)24(27)26-19(5)22-15-17(3)16(2)14-18(22)4/h10-15,19,23H,9H2,1-8H3,(H,26,27). The van der Waals surface area contributed by atoms with E-state index in [2.05, 4.69) is 71.1 Å². The number of carbonyl (C=O) groups is 1. The molecule has 0 spiro atoms. The summed E-state index contributed by atoms with van der Waals surface area (Å²) in [5.41, 5.74) is 6.20. The summed E-state index contributed by atoms with van der Waals surface area (Å²) in [7, 11) is 0. The molecule has 2 aromatic rings. The van der Waals surface area contributed by atoms with Gasteiger partial charge in [-0.05, 0) is 79.5 Å². The van der Waals surface area contributed by atoms with E-state index in [9.17, 15) is 4.79 Å². The van der Waals surface area contributed by atoms with Gasteiger partial charge < -0.3 is 10.1 Å². The number of nitrogens with one attached hydrogen (secondary N) is 1. The summed E-state index contributed by atoms with van der Waals surface area (Å²) in [5, 5.41) is 3.13. The second-order valence-corrected chi connectivity index (χ2v) is 8.81. The number of carbonyl (C=O) groups excluding carboxylic acids is 1.